The molecule has 0 atom stereocenters. The lowest BCUT2D eigenvalue weighted by atomic mass is 10.2. The lowest BCUT2D eigenvalue weighted by molar-refractivity contribution is 0.0529. The Morgan fingerprint density at radius 2 is 2.05 bits per heavy atom. The van der Waals surface area contributed by atoms with E-state index < -0.39 is 11.7 Å². The largest absolute Gasteiger partial charge is 0.444 e. The predicted octanol–water partition coefficient (Wildman–Crippen LogP) is 2.26. The number of ether oxygens (including phenoxy) is 1. The fourth-order valence-electron chi connectivity index (χ4n) is 1.21. The minimum absolute atomic E-state index is 0.424. The molecule has 1 amide bonds. The second kappa shape index (κ2) is 7.39. The van der Waals surface area contributed by atoms with Gasteiger partial charge in [-0.05, 0) is 39.9 Å². The second-order valence-electron chi connectivity index (χ2n) is 5.09. The highest BCUT2D eigenvalue weighted by molar-refractivity contribution is 7.80. The zero-order valence-electron chi connectivity index (χ0n) is 12.1. The van der Waals surface area contributed by atoms with Crippen molar-refractivity contribution < 1.29 is 9.53 Å². The summed E-state index contributed by atoms with van der Waals surface area (Å²) in [6.07, 6.45) is 1.34. The lowest BCUT2D eigenvalue weighted by Crippen LogP contribution is -2.39. The quantitative estimate of drug-likeness (QED) is 0.584. The molecule has 0 spiro atoms. The zero-order chi connectivity index (χ0) is 15.2. The van der Waals surface area contributed by atoms with E-state index in [1.54, 1.807) is 6.20 Å². The number of anilines is 1. The van der Waals surface area contributed by atoms with Gasteiger partial charge in [0, 0.05) is 24.2 Å². The van der Waals surface area contributed by atoms with Gasteiger partial charge in [-0.25, -0.2) is 9.78 Å². The first-order valence-electron chi connectivity index (χ1n) is 6.20. The van der Waals surface area contributed by atoms with Crippen LogP contribution in [-0.4, -0.2) is 34.9 Å². The number of hydrogen-bond acceptors (Lipinski definition) is 5. The number of hydrogen-bond donors (Lipinski definition) is 3. The highest BCUT2D eigenvalue weighted by Gasteiger charge is 2.15. The summed E-state index contributed by atoms with van der Waals surface area (Å²) in [5, 5.41) is 9.81. The summed E-state index contributed by atoms with van der Waals surface area (Å²) in [5.41, 5.74) is -0.489. The van der Waals surface area contributed by atoms with Gasteiger partial charge in [0.05, 0.1) is 0 Å². The molecular formula is C12H20N4O2S2. The van der Waals surface area contributed by atoms with Crippen LogP contribution in [0.2, 0.25) is 0 Å². The lowest BCUT2D eigenvalue weighted by Gasteiger charge is -2.19. The van der Waals surface area contributed by atoms with E-state index in [-0.39, 0.29) is 0 Å². The van der Waals surface area contributed by atoms with Gasteiger partial charge < -0.3 is 20.7 Å². The van der Waals surface area contributed by atoms with Crippen LogP contribution >= 0.6 is 23.6 Å². The number of carbonyl (C=O) groups excluding carboxylic acids is 1. The molecule has 0 radical (unpaired) electrons. The normalized spacial score (nSPS) is 10.8. The van der Waals surface area contributed by atoms with Crippen molar-refractivity contribution in [3.8, 4) is 0 Å². The number of aryl methyl sites for hydroxylation is 1. The summed E-state index contributed by atoms with van der Waals surface area (Å²) in [4.78, 5) is 16.6. The Labute approximate surface area is 128 Å². The molecule has 0 fully saturated rings. The molecule has 8 heteroatoms. The van der Waals surface area contributed by atoms with E-state index in [0.717, 1.165) is 10.0 Å². The Balaban J connectivity index is 2.15. The fraction of sp³-hybridized carbons (Fsp3) is 0.583. The molecule has 0 aliphatic heterocycles. The molecule has 112 valence electrons. The minimum Gasteiger partial charge on any atom is -0.444 e. The van der Waals surface area contributed by atoms with Crippen molar-refractivity contribution in [3.63, 3.8) is 0 Å². The number of thiocarbonyl (C=S) groups is 1. The fourth-order valence-corrected chi connectivity index (χ4v) is 2.14. The van der Waals surface area contributed by atoms with Crippen LogP contribution in [0.15, 0.2) is 6.20 Å². The smallest absolute Gasteiger partial charge is 0.407 e. The maximum absolute atomic E-state index is 11.4. The van der Waals surface area contributed by atoms with E-state index in [1.807, 2.05) is 27.7 Å². The number of rotatable bonds is 4. The van der Waals surface area contributed by atoms with Crippen LogP contribution in [0.3, 0.4) is 0 Å². The van der Waals surface area contributed by atoms with Crippen LogP contribution in [0.1, 0.15) is 25.6 Å². The number of nitrogens with zero attached hydrogens (tertiary/aromatic N) is 1. The summed E-state index contributed by atoms with van der Waals surface area (Å²) in [5.74, 6) is 0. The van der Waals surface area contributed by atoms with Crippen molar-refractivity contribution in [1.29, 1.82) is 0 Å². The van der Waals surface area contributed by atoms with Crippen molar-refractivity contribution in [3.05, 3.63) is 11.1 Å². The molecular weight excluding hydrogens is 296 g/mol. The first kappa shape index (κ1) is 16.6. The monoisotopic (exact) mass is 316 g/mol. The summed E-state index contributed by atoms with van der Waals surface area (Å²) in [7, 11) is 0. The van der Waals surface area contributed by atoms with Gasteiger partial charge in [0.25, 0.3) is 0 Å². The Kier molecular flexibility index (Phi) is 6.15. The van der Waals surface area contributed by atoms with Gasteiger partial charge in [-0.2, -0.15) is 0 Å². The third-order valence-corrected chi connectivity index (χ3v) is 3.00. The molecule has 1 aromatic heterocycles. The molecule has 0 aliphatic carbocycles. The van der Waals surface area contributed by atoms with Gasteiger partial charge >= 0.3 is 6.09 Å². The van der Waals surface area contributed by atoms with Crippen molar-refractivity contribution in [2.45, 2.75) is 33.3 Å². The molecule has 1 rings (SSSR count). The van der Waals surface area contributed by atoms with Crippen LogP contribution in [0.4, 0.5) is 9.93 Å². The molecule has 1 aromatic rings. The standard InChI is InChI=1S/C12H20N4O2S2/c1-8-7-15-10(20-8)16-9(19)13-5-6-14-11(17)18-12(2,3)4/h7H,5-6H2,1-4H3,(H,14,17)(H2,13,15,16,19). The maximum Gasteiger partial charge on any atom is 0.407 e. The van der Waals surface area contributed by atoms with E-state index in [9.17, 15) is 4.79 Å². The molecule has 0 aromatic carbocycles. The average molecular weight is 316 g/mol. The first-order valence-corrected chi connectivity index (χ1v) is 7.43. The Morgan fingerprint density at radius 3 is 2.60 bits per heavy atom. The number of nitrogens with one attached hydrogen (secondary N) is 3. The van der Waals surface area contributed by atoms with Crippen molar-refractivity contribution >= 4 is 39.9 Å². The number of carbonyl (C=O) groups is 1. The Hall–Kier alpha value is -1.41. The maximum atomic E-state index is 11.4. The van der Waals surface area contributed by atoms with Gasteiger partial charge in [0.1, 0.15) is 5.60 Å². The Bertz CT molecular complexity index is 468. The van der Waals surface area contributed by atoms with Crippen LogP contribution in [0.25, 0.3) is 0 Å². The molecule has 0 saturated carbocycles. The summed E-state index contributed by atoms with van der Waals surface area (Å²) in [6.45, 7) is 8.37. The topological polar surface area (TPSA) is 75.3 Å². The number of alkyl carbamates (subject to hydrolysis) is 1. The third kappa shape index (κ3) is 7.25. The van der Waals surface area contributed by atoms with Crippen molar-refractivity contribution in [1.82, 2.24) is 15.6 Å². The third-order valence-electron chi connectivity index (χ3n) is 1.92. The molecule has 0 aliphatic rings. The van der Waals surface area contributed by atoms with E-state index >= 15 is 0 Å². The highest BCUT2D eigenvalue weighted by atomic mass is 32.1. The van der Waals surface area contributed by atoms with Gasteiger partial charge in [0.2, 0.25) is 0 Å². The number of amides is 1. The second-order valence-corrected chi connectivity index (χ2v) is 6.73. The molecule has 0 saturated heterocycles. The van der Waals surface area contributed by atoms with Crippen LogP contribution in [-0.2, 0) is 4.74 Å². The number of thiazole rings is 1. The van der Waals surface area contributed by atoms with Crippen LogP contribution in [0.5, 0.6) is 0 Å². The summed E-state index contributed by atoms with van der Waals surface area (Å²) >= 11 is 6.64. The van der Waals surface area contributed by atoms with Gasteiger partial charge in [0.15, 0.2) is 10.2 Å². The van der Waals surface area contributed by atoms with Crippen molar-refractivity contribution in [2.24, 2.45) is 0 Å². The van der Waals surface area contributed by atoms with E-state index in [1.165, 1.54) is 11.3 Å². The molecule has 1 heterocycles. The van der Waals surface area contributed by atoms with Gasteiger partial charge in [-0.3, -0.25) is 0 Å². The number of aromatic nitrogens is 1. The predicted molar refractivity (Wildman–Crippen MR) is 85.3 cm³/mol. The van der Waals surface area contributed by atoms with E-state index in [0.29, 0.717) is 18.2 Å². The zero-order valence-corrected chi connectivity index (χ0v) is 13.7. The first-order chi connectivity index (χ1) is 9.26. The van der Waals surface area contributed by atoms with Crippen molar-refractivity contribution in [2.75, 3.05) is 18.4 Å². The van der Waals surface area contributed by atoms with Crippen LogP contribution < -0.4 is 16.0 Å². The molecule has 20 heavy (non-hydrogen) atoms. The highest BCUT2D eigenvalue weighted by Crippen LogP contribution is 2.15. The summed E-state index contributed by atoms with van der Waals surface area (Å²) in [6, 6.07) is 0. The average Bonchev–Trinajstić information content (AvgIpc) is 2.68. The summed E-state index contributed by atoms with van der Waals surface area (Å²) < 4.78 is 5.11. The minimum atomic E-state index is -0.489. The van der Waals surface area contributed by atoms with Gasteiger partial charge in [-0.1, -0.05) is 0 Å². The molecule has 0 unspecified atom stereocenters. The SMILES string of the molecule is Cc1cnc(NC(=S)NCCNC(=O)OC(C)(C)C)s1. The molecule has 0 bridgehead atoms. The van der Waals surface area contributed by atoms with E-state index in [4.69, 9.17) is 17.0 Å². The molecule has 3 N–H and O–H groups in total. The van der Waals surface area contributed by atoms with Gasteiger partial charge in [-0.15, -0.1) is 11.3 Å². The van der Waals surface area contributed by atoms with E-state index in [2.05, 4.69) is 20.9 Å². The van der Waals surface area contributed by atoms with Crippen LogP contribution in [0, 0.1) is 6.92 Å². The Morgan fingerprint density at radius 1 is 1.40 bits per heavy atom. The molecule has 6 nitrogen and oxygen atoms in total.